The SMILES string of the molecule is CCCc1cc(CCC)c(C)c(CCC)n1. The molecule has 0 aliphatic rings. The summed E-state index contributed by atoms with van der Waals surface area (Å²) in [6.07, 6.45) is 7.04. The fourth-order valence-electron chi connectivity index (χ4n) is 2.18. The predicted molar refractivity (Wildman–Crippen MR) is 71.0 cm³/mol. The van der Waals surface area contributed by atoms with Crippen LogP contribution in [0.1, 0.15) is 62.5 Å². The van der Waals surface area contributed by atoms with Gasteiger partial charge in [0, 0.05) is 11.4 Å². The lowest BCUT2D eigenvalue weighted by Crippen LogP contribution is -2.03. The summed E-state index contributed by atoms with van der Waals surface area (Å²) in [5, 5.41) is 0. The lowest BCUT2D eigenvalue weighted by molar-refractivity contribution is 0.803. The molecular formula is C15H25N. The van der Waals surface area contributed by atoms with Crippen LogP contribution in [-0.2, 0) is 19.3 Å². The lowest BCUT2D eigenvalue weighted by atomic mass is 9.99. The van der Waals surface area contributed by atoms with Crippen molar-refractivity contribution in [3.05, 3.63) is 28.6 Å². The summed E-state index contributed by atoms with van der Waals surface area (Å²) in [4.78, 5) is 4.79. The molecule has 0 aromatic carbocycles. The van der Waals surface area contributed by atoms with E-state index in [1.807, 2.05) is 0 Å². The second-order valence-electron chi connectivity index (χ2n) is 4.59. The Morgan fingerprint density at radius 2 is 1.56 bits per heavy atom. The van der Waals surface area contributed by atoms with Crippen LogP contribution < -0.4 is 0 Å². The average Bonchev–Trinajstić information content (AvgIpc) is 2.26. The van der Waals surface area contributed by atoms with Crippen LogP contribution in [0, 0.1) is 6.92 Å². The van der Waals surface area contributed by atoms with Crippen LogP contribution >= 0.6 is 0 Å². The molecule has 0 aliphatic carbocycles. The van der Waals surface area contributed by atoms with E-state index < -0.39 is 0 Å². The highest BCUT2D eigenvalue weighted by Crippen LogP contribution is 2.18. The Bertz CT molecular complexity index is 301. The van der Waals surface area contributed by atoms with Crippen molar-refractivity contribution in [3.63, 3.8) is 0 Å². The van der Waals surface area contributed by atoms with Gasteiger partial charge in [0.1, 0.15) is 0 Å². The van der Waals surface area contributed by atoms with Crippen LogP contribution in [-0.4, -0.2) is 4.98 Å². The molecule has 0 amide bonds. The van der Waals surface area contributed by atoms with Gasteiger partial charge in [-0.05, 0) is 43.4 Å². The Labute approximate surface area is 100 Å². The Balaban J connectivity index is 3.05. The second kappa shape index (κ2) is 6.67. The van der Waals surface area contributed by atoms with Crippen molar-refractivity contribution >= 4 is 0 Å². The molecule has 0 spiro atoms. The Hall–Kier alpha value is -0.850. The molecule has 0 saturated carbocycles. The van der Waals surface area contributed by atoms with Gasteiger partial charge in [-0.1, -0.05) is 40.0 Å². The Morgan fingerprint density at radius 3 is 2.12 bits per heavy atom. The fourth-order valence-corrected chi connectivity index (χ4v) is 2.18. The van der Waals surface area contributed by atoms with Crippen molar-refractivity contribution in [2.24, 2.45) is 0 Å². The summed E-state index contributed by atoms with van der Waals surface area (Å²) >= 11 is 0. The first-order valence-corrected chi connectivity index (χ1v) is 6.71. The van der Waals surface area contributed by atoms with Gasteiger partial charge < -0.3 is 0 Å². The van der Waals surface area contributed by atoms with Crippen LogP contribution in [0.25, 0.3) is 0 Å². The highest BCUT2D eigenvalue weighted by molar-refractivity contribution is 5.32. The molecule has 1 aromatic heterocycles. The van der Waals surface area contributed by atoms with Gasteiger partial charge in [-0.3, -0.25) is 4.98 Å². The minimum Gasteiger partial charge on any atom is -0.258 e. The van der Waals surface area contributed by atoms with E-state index in [0.29, 0.717) is 0 Å². The zero-order valence-electron chi connectivity index (χ0n) is 11.3. The van der Waals surface area contributed by atoms with Crippen LogP contribution in [0.3, 0.4) is 0 Å². The van der Waals surface area contributed by atoms with E-state index in [0.717, 1.165) is 12.8 Å². The van der Waals surface area contributed by atoms with E-state index in [1.165, 1.54) is 48.2 Å². The smallest absolute Gasteiger partial charge is 0.0438 e. The number of aromatic nitrogens is 1. The fraction of sp³-hybridized carbons (Fsp3) is 0.667. The predicted octanol–water partition coefficient (Wildman–Crippen LogP) is 4.25. The van der Waals surface area contributed by atoms with Gasteiger partial charge in [0.25, 0.3) is 0 Å². The number of pyridine rings is 1. The van der Waals surface area contributed by atoms with Crippen LogP contribution in [0.4, 0.5) is 0 Å². The zero-order chi connectivity index (χ0) is 12.0. The zero-order valence-corrected chi connectivity index (χ0v) is 11.3. The maximum Gasteiger partial charge on any atom is 0.0438 e. The average molecular weight is 219 g/mol. The quantitative estimate of drug-likeness (QED) is 0.697. The number of aryl methyl sites for hydroxylation is 3. The van der Waals surface area contributed by atoms with E-state index in [2.05, 4.69) is 33.8 Å². The van der Waals surface area contributed by atoms with Crippen molar-refractivity contribution in [1.29, 1.82) is 0 Å². The molecule has 0 N–H and O–H groups in total. The Morgan fingerprint density at radius 1 is 0.938 bits per heavy atom. The van der Waals surface area contributed by atoms with Gasteiger partial charge in [-0.25, -0.2) is 0 Å². The largest absolute Gasteiger partial charge is 0.258 e. The molecule has 0 atom stereocenters. The molecule has 0 unspecified atom stereocenters. The van der Waals surface area contributed by atoms with E-state index >= 15 is 0 Å². The molecule has 1 rings (SSSR count). The van der Waals surface area contributed by atoms with Crippen molar-refractivity contribution in [1.82, 2.24) is 4.98 Å². The molecular weight excluding hydrogens is 194 g/mol. The summed E-state index contributed by atoms with van der Waals surface area (Å²) in [6.45, 7) is 8.94. The van der Waals surface area contributed by atoms with Crippen LogP contribution in [0.2, 0.25) is 0 Å². The minimum atomic E-state index is 1.12. The normalized spacial score (nSPS) is 10.8. The van der Waals surface area contributed by atoms with Gasteiger partial charge in [-0.15, -0.1) is 0 Å². The molecule has 0 bridgehead atoms. The highest BCUT2D eigenvalue weighted by atomic mass is 14.7. The number of hydrogen-bond acceptors (Lipinski definition) is 1. The van der Waals surface area contributed by atoms with Crippen molar-refractivity contribution in [3.8, 4) is 0 Å². The monoisotopic (exact) mass is 219 g/mol. The first kappa shape index (κ1) is 13.2. The number of rotatable bonds is 6. The maximum absolute atomic E-state index is 4.79. The molecule has 16 heavy (non-hydrogen) atoms. The van der Waals surface area contributed by atoms with Crippen LogP contribution in [0.5, 0.6) is 0 Å². The molecule has 1 heterocycles. The standard InChI is InChI=1S/C15H25N/c1-5-8-13-11-14(9-6-2)16-15(10-7-3)12(13)4/h11H,5-10H2,1-4H3. The highest BCUT2D eigenvalue weighted by Gasteiger charge is 2.07. The van der Waals surface area contributed by atoms with Gasteiger partial charge in [0.05, 0.1) is 0 Å². The van der Waals surface area contributed by atoms with Crippen molar-refractivity contribution in [2.75, 3.05) is 0 Å². The molecule has 0 aliphatic heterocycles. The summed E-state index contributed by atoms with van der Waals surface area (Å²) in [5.41, 5.74) is 5.57. The van der Waals surface area contributed by atoms with Crippen LogP contribution in [0.15, 0.2) is 6.07 Å². The van der Waals surface area contributed by atoms with Gasteiger partial charge >= 0.3 is 0 Å². The third-order valence-electron chi connectivity index (χ3n) is 3.05. The molecule has 0 fully saturated rings. The Kier molecular flexibility index (Phi) is 5.51. The minimum absolute atomic E-state index is 1.12. The lowest BCUT2D eigenvalue weighted by Gasteiger charge is -2.12. The van der Waals surface area contributed by atoms with Gasteiger partial charge in [0.15, 0.2) is 0 Å². The van der Waals surface area contributed by atoms with E-state index in [4.69, 9.17) is 4.98 Å². The topological polar surface area (TPSA) is 12.9 Å². The summed E-state index contributed by atoms with van der Waals surface area (Å²) in [5.74, 6) is 0. The first-order chi connectivity index (χ1) is 7.72. The summed E-state index contributed by atoms with van der Waals surface area (Å²) < 4.78 is 0. The van der Waals surface area contributed by atoms with E-state index in [1.54, 1.807) is 0 Å². The molecule has 90 valence electrons. The molecule has 1 nitrogen and oxygen atoms in total. The van der Waals surface area contributed by atoms with Gasteiger partial charge in [-0.2, -0.15) is 0 Å². The van der Waals surface area contributed by atoms with Crippen molar-refractivity contribution in [2.45, 2.75) is 66.2 Å². The molecule has 1 aromatic rings. The molecule has 0 radical (unpaired) electrons. The van der Waals surface area contributed by atoms with E-state index in [9.17, 15) is 0 Å². The second-order valence-corrected chi connectivity index (χ2v) is 4.59. The number of hydrogen-bond donors (Lipinski definition) is 0. The summed E-state index contributed by atoms with van der Waals surface area (Å²) in [7, 11) is 0. The van der Waals surface area contributed by atoms with E-state index in [-0.39, 0.29) is 0 Å². The van der Waals surface area contributed by atoms with Crippen molar-refractivity contribution < 1.29 is 0 Å². The third kappa shape index (κ3) is 3.33. The van der Waals surface area contributed by atoms with Gasteiger partial charge in [0.2, 0.25) is 0 Å². The number of nitrogens with zero attached hydrogens (tertiary/aromatic N) is 1. The molecule has 1 heteroatoms. The summed E-state index contributed by atoms with van der Waals surface area (Å²) in [6, 6.07) is 2.32. The maximum atomic E-state index is 4.79. The third-order valence-corrected chi connectivity index (χ3v) is 3.05. The molecule has 0 saturated heterocycles. The first-order valence-electron chi connectivity index (χ1n) is 6.71.